The fraction of sp³-hybridized carbons (Fsp3) is 0.500. The maximum absolute atomic E-state index is 12.0. The molecule has 0 aliphatic carbocycles. The Morgan fingerprint density at radius 3 is 2.65 bits per heavy atom. The molecule has 1 heterocycles. The Hall–Kier alpha value is -1.35. The van der Waals surface area contributed by atoms with E-state index in [4.69, 9.17) is 4.74 Å². The van der Waals surface area contributed by atoms with Crippen LogP contribution in [-0.2, 0) is 9.53 Å². The summed E-state index contributed by atoms with van der Waals surface area (Å²) < 4.78 is 5.26. The number of hydrogen-bond acceptors (Lipinski definition) is 2. The lowest BCUT2D eigenvalue weighted by molar-refractivity contribution is -0.122. The molecule has 0 saturated carbocycles. The fourth-order valence-electron chi connectivity index (χ4n) is 2.15. The molecule has 1 N–H and O–H groups in total. The van der Waals surface area contributed by atoms with Crippen LogP contribution in [0.3, 0.4) is 0 Å². The van der Waals surface area contributed by atoms with Crippen molar-refractivity contribution in [1.82, 2.24) is 0 Å². The van der Waals surface area contributed by atoms with Gasteiger partial charge in [-0.25, -0.2) is 0 Å². The highest BCUT2D eigenvalue weighted by atomic mass is 16.5. The zero-order chi connectivity index (χ0) is 12.3. The zero-order valence-corrected chi connectivity index (χ0v) is 10.5. The normalized spacial score (nSPS) is 16.8. The predicted octanol–water partition coefficient (Wildman–Crippen LogP) is 2.67. The second-order valence-electron chi connectivity index (χ2n) is 4.69. The van der Waals surface area contributed by atoms with E-state index in [0.29, 0.717) is 13.2 Å². The molecule has 1 saturated heterocycles. The van der Waals surface area contributed by atoms with Gasteiger partial charge in [0.2, 0.25) is 5.91 Å². The molecule has 92 valence electrons. The summed E-state index contributed by atoms with van der Waals surface area (Å²) in [6, 6.07) is 6.08. The second-order valence-corrected chi connectivity index (χ2v) is 4.69. The lowest BCUT2D eigenvalue weighted by Gasteiger charge is -2.21. The molecular formula is C14H19NO2. The van der Waals surface area contributed by atoms with E-state index in [-0.39, 0.29) is 11.8 Å². The maximum Gasteiger partial charge on any atom is 0.227 e. The van der Waals surface area contributed by atoms with Crippen molar-refractivity contribution in [2.45, 2.75) is 26.7 Å². The van der Waals surface area contributed by atoms with Crippen LogP contribution in [0.25, 0.3) is 0 Å². The first-order valence-corrected chi connectivity index (χ1v) is 6.12. The average molecular weight is 233 g/mol. The van der Waals surface area contributed by atoms with Crippen molar-refractivity contribution in [2.24, 2.45) is 5.92 Å². The molecule has 2 rings (SSSR count). The number of anilines is 1. The van der Waals surface area contributed by atoms with Crippen LogP contribution in [0.15, 0.2) is 18.2 Å². The number of hydrogen-bond donors (Lipinski definition) is 1. The van der Waals surface area contributed by atoms with Gasteiger partial charge in [-0.2, -0.15) is 0 Å². The number of nitrogens with one attached hydrogen (secondary N) is 1. The Kier molecular flexibility index (Phi) is 3.79. The van der Waals surface area contributed by atoms with Crippen LogP contribution in [0.1, 0.15) is 24.0 Å². The Morgan fingerprint density at radius 2 is 2.00 bits per heavy atom. The molecule has 3 heteroatoms. The topological polar surface area (TPSA) is 38.3 Å². The van der Waals surface area contributed by atoms with E-state index in [1.54, 1.807) is 0 Å². The standard InChI is InChI=1S/C14H19NO2/c1-10-3-4-13(11(2)9-10)15-14(16)12-5-7-17-8-6-12/h3-4,9,12H,5-8H2,1-2H3,(H,15,16). The summed E-state index contributed by atoms with van der Waals surface area (Å²) in [5.74, 6) is 0.227. The average Bonchev–Trinajstić information content (AvgIpc) is 2.34. The van der Waals surface area contributed by atoms with Gasteiger partial charge in [-0.05, 0) is 38.3 Å². The Bertz CT molecular complexity index is 409. The summed E-state index contributed by atoms with van der Waals surface area (Å²) in [7, 11) is 0. The highest BCUT2D eigenvalue weighted by Crippen LogP contribution is 2.20. The minimum Gasteiger partial charge on any atom is -0.381 e. The van der Waals surface area contributed by atoms with Crippen molar-refractivity contribution in [3.8, 4) is 0 Å². The maximum atomic E-state index is 12.0. The van der Waals surface area contributed by atoms with Crippen LogP contribution in [0.5, 0.6) is 0 Å². The van der Waals surface area contributed by atoms with Crippen molar-refractivity contribution < 1.29 is 9.53 Å². The number of benzene rings is 1. The summed E-state index contributed by atoms with van der Waals surface area (Å²) in [5, 5.41) is 3.01. The quantitative estimate of drug-likeness (QED) is 0.852. The molecule has 1 aliphatic rings. The van der Waals surface area contributed by atoms with E-state index >= 15 is 0 Å². The van der Waals surface area contributed by atoms with Crippen molar-refractivity contribution in [3.05, 3.63) is 29.3 Å². The molecule has 1 aromatic rings. The van der Waals surface area contributed by atoms with Gasteiger partial charge in [0.25, 0.3) is 0 Å². The van der Waals surface area contributed by atoms with Gasteiger partial charge in [0.1, 0.15) is 0 Å². The Labute approximate surface area is 102 Å². The Balaban J connectivity index is 2.02. The largest absolute Gasteiger partial charge is 0.381 e. The lowest BCUT2D eigenvalue weighted by Crippen LogP contribution is -2.28. The first-order valence-electron chi connectivity index (χ1n) is 6.12. The molecule has 0 radical (unpaired) electrons. The highest BCUT2D eigenvalue weighted by molar-refractivity contribution is 5.93. The molecule has 17 heavy (non-hydrogen) atoms. The summed E-state index contributed by atoms with van der Waals surface area (Å²) in [6.07, 6.45) is 1.66. The number of amides is 1. The molecule has 1 aromatic carbocycles. The van der Waals surface area contributed by atoms with Gasteiger partial charge in [0.15, 0.2) is 0 Å². The van der Waals surface area contributed by atoms with Gasteiger partial charge in [-0.1, -0.05) is 17.7 Å². The first-order chi connectivity index (χ1) is 8.16. The molecule has 0 aromatic heterocycles. The van der Waals surface area contributed by atoms with Crippen LogP contribution < -0.4 is 5.32 Å². The van der Waals surface area contributed by atoms with E-state index in [9.17, 15) is 4.79 Å². The number of aryl methyl sites for hydroxylation is 2. The monoisotopic (exact) mass is 233 g/mol. The Morgan fingerprint density at radius 1 is 1.29 bits per heavy atom. The minimum absolute atomic E-state index is 0.101. The van der Waals surface area contributed by atoms with Crippen molar-refractivity contribution >= 4 is 11.6 Å². The van der Waals surface area contributed by atoms with Crippen LogP contribution >= 0.6 is 0 Å². The molecule has 1 amide bonds. The zero-order valence-electron chi connectivity index (χ0n) is 10.5. The summed E-state index contributed by atoms with van der Waals surface area (Å²) >= 11 is 0. The van der Waals surface area contributed by atoms with E-state index in [2.05, 4.69) is 18.3 Å². The molecule has 0 unspecified atom stereocenters. The van der Waals surface area contributed by atoms with Crippen LogP contribution in [-0.4, -0.2) is 19.1 Å². The van der Waals surface area contributed by atoms with Crippen LogP contribution in [0, 0.1) is 19.8 Å². The van der Waals surface area contributed by atoms with Gasteiger partial charge >= 0.3 is 0 Å². The number of rotatable bonds is 2. The number of carbonyl (C=O) groups excluding carboxylic acids is 1. The van der Waals surface area contributed by atoms with Gasteiger partial charge in [-0.15, -0.1) is 0 Å². The molecule has 1 fully saturated rings. The molecular weight excluding hydrogens is 214 g/mol. The van der Waals surface area contributed by atoms with Gasteiger partial charge < -0.3 is 10.1 Å². The predicted molar refractivity (Wildman–Crippen MR) is 68.1 cm³/mol. The molecule has 0 bridgehead atoms. The minimum atomic E-state index is 0.101. The van der Waals surface area contributed by atoms with E-state index in [0.717, 1.165) is 24.1 Å². The second kappa shape index (κ2) is 5.32. The fourth-order valence-corrected chi connectivity index (χ4v) is 2.15. The third-order valence-corrected chi connectivity index (χ3v) is 3.23. The first kappa shape index (κ1) is 12.1. The summed E-state index contributed by atoms with van der Waals surface area (Å²) in [4.78, 5) is 12.0. The molecule has 3 nitrogen and oxygen atoms in total. The number of ether oxygens (including phenoxy) is 1. The smallest absolute Gasteiger partial charge is 0.227 e. The van der Waals surface area contributed by atoms with Crippen LogP contribution in [0.4, 0.5) is 5.69 Å². The third kappa shape index (κ3) is 3.07. The molecule has 0 atom stereocenters. The molecule has 1 aliphatic heterocycles. The number of carbonyl (C=O) groups is 1. The van der Waals surface area contributed by atoms with Crippen molar-refractivity contribution in [3.63, 3.8) is 0 Å². The summed E-state index contributed by atoms with van der Waals surface area (Å²) in [6.45, 7) is 5.47. The summed E-state index contributed by atoms with van der Waals surface area (Å²) in [5.41, 5.74) is 3.25. The third-order valence-electron chi connectivity index (χ3n) is 3.23. The van der Waals surface area contributed by atoms with Gasteiger partial charge in [-0.3, -0.25) is 4.79 Å². The van der Waals surface area contributed by atoms with Crippen LogP contribution in [0.2, 0.25) is 0 Å². The SMILES string of the molecule is Cc1ccc(NC(=O)C2CCOCC2)c(C)c1. The van der Waals surface area contributed by atoms with Gasteiger partial charge in [0, 0.05) is 24.8 Å². The van der Waals surface area contributed by atoms with E-state index < -0.39 is 0 Å². The van der Waals surface area contributed by atoms with E-state index in [1.807, 2.05) is 19.1 Å². The van der Waals surface area contributed by atoms with Crippen molar-refractivity contribution in [1.29, 1.82) is 0 Å². The lowest BCUT2D eigenvalue weighted by atomic mass is 9.99. The highest BCUT2D eigenvalue weighted by Gasteiger charge is 2.21. The van der Waals surface area contributed by atoms with E-state index in [1.165, 1.54) is 5.56 Å². The molecule has 0 spiro atoms. The van der Waals surface area contributed by atoms with Gasteiger partial charge in [0.05, 0.1) is 0 Å². The van der Waals surface area contributed by atoms with Crippen molar-refractivity contribution in [2.75, 3.05) is 18.5 Å².